The van der Waals surface area contributed by atoms with Gasteiger partial charge in [-0.3, -0.25) is 4.79 Å². The van der Waals surface area contributed by atoms with Crippen LogP contribution in [0.3, 0.4) is 0 Å². The van der Waals surface area contributed by atoms with E-state index in [9.17, 15) is 9.59 Å². The normalized spacial score (nSPS) is 24.3. The predicted molar refractivity (Wildman–Crippen MR) is 75.6 cm³/mol. The molecule has 1 rings (SSSR count). The van der Waals surface area contributed by atoms with Gasteiger partial charge in [0.15, 0.2) is 0 Å². The molecule has 1 aliphatic rings. The molecule has 0 spiro atoms. The summed E-state index contributed by atoms with van der Waals surface area (Å²) in [7, 11) is 1.67. The number of carboxylic acid groups (broad SMARTS) is 1. The van der Waals surface area contributed by atoms with Gasteiger partial charge in [0, 0.05) is 33.3 Å². The second kappa shape index (κ2) is 7.47. The number of carbonyl (C=O) groups excluding carboxylic acids is 1. The van der Waals surface area contributed by atoms with Crippen molar-refractivity contribution in [3.63, 3.8) is 0 Å². The molecule has 2 amide bonds. The molecule has 6 nitrogen and oxygen atoms in total. The number of amides is 2. The van der Waals surface area contributed by atoms with Gasteiger partial charge in [-0.15, -0.1) is 0 Å². The molecule has 1 fully saturated rings. The van der Waals surface area contributed by atoms with Gasteiger partial charge >= 0.3 is 12.0 Å². The van der Waals surface area contributed by atoms with Crippen molar-refractivity contribution >= 4 is 12.0 Å². The molecule has 0 aliphatic carbocycles. The third-order valence-corrected chi connectivity index (χ3v) is 4.03. The van der Waals surface area contributed by atoms with Crippen LogP contribution in [0.15, 0.2) is 0 Å². The second-order valence-electron chi connectivity index (χ2n) is 5.55. The molecule has 116 valence electrons. The van der Waals surface area contributed by atoms with Gasteiger partial charge in [0.25, 0.3) is 0 Å². The average molecular weight is 286 g/mol. The van der Waals surface area contributed by atoms with Crippen molar-refractivity contribution < 1.29 is 19.4 Å². The first-order chi connectivity index (χ1) is 9.40. The van der Waals surface area contributed by atoms with Crippen LogP contribution in [-0.2, 0) is 9.53 Å². The van der Waals surface area contributed by atoms with Crippen molar-refractivity contribution in [1.82, 2.24) is 9.80 Å². The highest BCUT2D eigenvalue weighted by Gasteiger charge is 2.31. The molecule has 0 aromatic heterocycles. The fourth-order valence-electron chi connectivity index (χ4n) is 2.47. The van der Waals surface area contributed by atoms with Gasteiger partial charge in [-0.1, -0.05) is 13.8 Å². The fraction of sp³-hybridized carbons (Fsp3) is 0.857. The first kappa shape index (κ1) is 16.8. The summed E-state index contributed by atoms with van der Waals surface area (Å²) >= 11 is 0. The van der Waals surface area contributed by atoms with E-state index < -0.39 is 11.9 Å². The minimum Gasteiger partial charge on any atom is -0.481 e. The standard InChI is InChI=1S/C14H26N2O4/c1-5-15(8-11(3)13(17)18)14(19)16-7-6-10(2)12(9-16)20-4/h10-12H,5-9H2,1-4H3,(H,17,18). The fourth-order valence-corrected chi connectivity index (χ4v) is 2.47. The van der Waals surface area contributed by atoms with Gasteiger partial charge in [-0.2, -0.15) is 0 Å². The maximum absolute atomic E-state index is 12.5. The first-order valence-electron chi connectivity index (χ1n) is 7.20. The van der Waals surface area contributed by atoms with Crippen LogP contribution in [-0.4, -0.2) is 66.3 Å². The van der Waals surface area contributed by atoms with Crippen LogP contribution < -0.4 is 0 Å². The zero-order valence-corrected chi connectivity index (χ0v) is 12.8. The van der Waals surface area contributed by atoms with Crippen LogP contribution in [0.25, 0.3) is 0 Å². The van der Waals surface area contributed by atoms with Gasteiger partial charge in [0.05, 0.1) is 12.0 Å². The van der Waals surface area contributed by atoms with Crippen molar-refractivity contribution in [1.29, 1.82) is 0 Å². The quantitative estimate of drug-likeness (QED) is 0.831. The molecule has 1 N–H and O–H groups in total. The molecule has 1 saturated heterocycles. The average Bonchev–Trinajstić information content (AvgIpc) is 2.44. The zero-order chi connectivity index (χ0) is 15.3. The van der Waals surface area contributed by atoms with Crippen LogP contribution in [0.1, 0.15) is 27.2 Å². The minimum absolute atomic E-state index is 0.0586. The maximum Gasteiger partial charge on any atom is 0.320 e. The minimum atomic E-state index is -0.877. The Kier molecular flexibility index (Phi) is 6.26. The SMILES string of the molecule is CCN(CC(C)C(=O)O)C(=O)N1CCC(C)C(OC)C1. The number of methoxy groups -OCH3 is 1. The number of urea groups is 1. The number of ether oxygens (including phenoxy) is 1. The van der Waals surface area contributed by atoms with E-state index in [-0.39, 0.29) is 18.7 Å². The smallest absolute Gasteiger partial charge is 0.320 e. The summed E-state index contributed by atoms with van der Waals surface area (Å²) in [5, 5.41) is 8.96. The molecule has 0 bridgehead atoms. The van der Waals surface area contributed by atoms with Crippen molar-refractivity contribution in [2.75, 3.05) is 33.3 Å². The molecule has 6 heteroatoms. The molecule has 1 heterocycles. The zero-order valence-electron chi connectivity index (χ0n) is 12.8. The van der Waals surface area contributed by atoms with Crippen molar-refractivity contribution in [2.45, 2.75) is 33.3 Å². The lowest BCUT2D eigenvalue weighted by molar-refractivity contribution is -0.141. The number of rotatable bonds is 5. The van der Waals surface area contributed by atoms with Crippen LogP contribution in [0.4, 0.5) is 4.79 Å². The van der Waals surface area contributed by atoms with Gasteiger partial charge in [0.1, 0.15) is 0 Å². The van der Waals surface area contributed by atoms with E-state index in [0.29, 0.717) is 25.6 Å². The Morgan fingerprint density at radius 1 is 1.50 bits per heavy atom. The van der Waals surface area contributed by atoms with Crippen molar-refractivity contribution in [2.24, 2.45) is 11.8 Å². The second-order valence-corrected chi connectivity index (χ2v) is 5.55. The van der Waals surface area contributed by atoms with Crippen LogP contribution in [0, 0.1) is 11.8 Å². The lowest BCUT2D eigenvalue weighted by atomic mass is 9.96. The summed E-state index contributed by atoms with van der Waals surface area (Å²) in [6.07, 6.45) is 0.972. The van der Waals surface area contributed by atoms with E-state index in [0.717, 1.165) is 6.42 Å². The van der Waals surface area contributed by atoms with Gasteiger partial charge in [-0.25, -0.2) is 4.79 Å². The number of likely N-dealkylation sites (tertiary alicyclic amines) is 1. The Morgan fingerprint density at radius 2 is 2.15 bits per heavy atom. The Hall–Kier alpha value is -1.30. The molecule has 20 heavy (non-hydrogen) atoms. The number of aliphatic carboxylic acids is 1. The van der Waals surface area contributed by atoms with Crippen LogP contribution >= 0.6 is 0 Å². The summed E-state index contributed by atoms with van der Waals surface area (Å²) in [6.45, 7) is 7.65. The lowest BCUT2D eigenvalue weighted by Gasteiger charge is -2.39. The summed E-state index contributed by atoms with van der Waals surface area (Å²) in [6, 6.07) is -0.0884. The molecule has 0 aromatic carbocycles. The Balaban J connectivity index is 2.64. The third-order valence-electron chi connectivity index (χ3n) is 4.03. The van der Waals surface area contributed by atoms with Crippen molar-refractivity contribution in [3.05, 3.63) is 0 Å². The number of hydrogen-bond acceptors (Lipinski definition) is 3. The summed E-state index contributed by atoms with van der Waals surface area (Å²) in [4.78, 5) is 26.7. The molecular formula is C14H26N2O4. The largest absolute Gasteiger partial charge is 0.481 e. The van der Waals surface area contributed by atoms with E-state index >= 15 is 0 Å². The highest BCUT2D eigenvalue weighted by Crippen LogP contribution is 2.20. The van der Waals surface area contributed by atoms with E-state index in [2.05, 4.69) is 6.92 Å². The number of nitrogens with zero attached hydrogens (tertiary/aromatic N) is 2. The Labute approximate surface area is 120 Å². The highest BCUT2D eigenvalue weighted by molar-refractivity contribution is 5.76. The van der Waals surface area contributed by atoms with Crippen LogP contribution in [0.2, 0.25) is 0 Å². The summed E-state index contributed by atoms with van der Waals surface area (Å²) in [5.41, 5.74) is 0. The molecule has 1 aliphatic heterocycles. The topological polar surface area (TPSA) is 70.1 Å². The van der Waals surface area contributed by atoms with E-state index in [1.54, 1.807) is 23.8 Å². The molecule has 0 aromatic rings. The van der Waals surface area contributed by atoms with Crippen molar-refractivity contribution in [3.8, 4) is 0 Å². The molecule has 0 saturated carbocycles. The van der Waals surface area contributed by atoms with Crippen LogP contribution in [0.5, 0.6) is 0 Å². The number of piperidine rings is 1. The molecule has 0 radical (unpaired) electrons. The number of carbonyl (C=O) groups is 2. The monoisotopic (exact) mass is 286 g/mol. The van der Waals surface area contributed by atoms with Gasteiger partial charge in [-0.05, 0) is 19.3 Å². The Bertz CT molecular complexity index is 348. The molecular weight excluding hydrogens is 260 g/mol. The van der Waals surface area contributed by atoms with E-state index in [4.69, 9.17) is 9.84 Å². The maximum atomic E-state index is 12.5. The number of carboxylic acids is 1. The molecule has 3 unspecified atom stereocenters. The van der Waals surface area contributed by atoms with E-state index in [1.807, 2.05) is 6.92 Å². The first-order valence-corrected chi connectivity index (χ1v) is 7.20. The summed E-state index contributed by atoms with van der Waals surface area (Å²) < 4.78 is 5.41. The highest BCUT2D eigenvalue weighted by atomic mass is 16.5. The van der Waals surface area contributed by atoms with Gasteiger partial charge in [0.2, 0.25) is 0 Å². The number of hydrogen-bond donors (Lipinski definition) is 1. The lowest BCUT2D eigenvalue weighted by Crippen LogP contribution is -2.52. The third kappa shape index (κ3) is 4.10. The molecule has 3 atom stereocenters. The summed E-state index contributed by atoms with van der Waals surface area (Å²) in [5.74, 6) is -0.990. The van der Waals surface area contributed by atoms with Gasteiger partial charge < -0.3 is 19.6 Å². The predicted octanol–water partition coefficient (Wildman–Crippen LogP) is 1.51. The Morgan fingerprint density at radius 3 is 2.65 bits per heavy atom. The van der Waals surface area contributed by atoms with E-state index in [1.165, 1.54) is 0 Å².